The molecule has 0 fully saturated rings. The minimum atomic E-state index is -0.452. The molecule has 1 aromatic rings. The maximum atomic E-state index is 12.7. The molecule has 1 aliphatic heterocycles. The SMILES string of the molecule is CCCCCNC(=O)c1cccc2c1N(C(=O)C(C)(C)C)CC2. The number of carbonyl (C=O) groups is 2. The van der Waals surface area contributed by atoms with E-state index in [1.54, 1.807) is 4.90 Å². The molecule has 0 bridgehead atoms. The summed E-state index contributed by atoms with van der Waals surface area (Å²) >= 11 is 0. The van der Waals surface area contributed by atoms with Gasteiger partial charge in [-0.05, 0) is 24.5 Å². The van der Waals surface area contributed by atoms with Gasteiger partial charge in [-0.25, -0.2) is 0 Å². The van der Waals surface area contributed by atoms with Crippen LogP contribution in [0.15, 0.2) is 18.2 Å². The third-order valence-corrected chi connectivity index (χ3v) is 4.19. The molecule has 0 saturated heterocycles. The normalized spacial score (nSPS) is 13.8. The lowest BCUT2D eigenvalue weighted by Crippen LogP contribution is -2.39. The second-order valence-corrected chi connectivity index (χ2v) is 7.23. The molecule has 0 unspecified atom stereocenters. The van der Waals surface area contributed by atoms with Crippen LogP contribution in [0, 0.1) is 5.41 Å². The molecule has 0 spiro atoms. The molecular weight excluding hydrogens is 288 g/mol. The number of benzene rings is 1. The highest BCUT2D eigenvalue weighted by Crippen LogP contribution is 2.34. The first-order valence-corrected chi connectivity index (χ1v) is 8.58. The summed E-state index contributed by atoms with van der Waals surface area (Å²) in [7, 11) is 0. The van der Waals surface area contributed by atoms with Crippen molar-refractivity contribution in [1.82, 2.24) is 5.32 Å². The second kappa shape index (κ2) is 7.16. The topological polar surface area (TPSA) is 49.4 Å². The van der Waals surface area contributed by atoms with Gasteiger partial charge < -0.3 is 10.2 Å². The Morgan fingerprint density at radius 2 is 1.96 bits per heavy atom. The Morgan fingerprint density at radius 3 is 2.61 bits per heavy atom. The minimum absolute atomic E-state index is 0.0717. The van der Waals surface area contributed by atoms with E-state index in [1.807, 2.05) is 39.0 Å². The van der Waals surface area contributed by atoms with Gasteiger partial charge in [0.25, 0.3) is 5.91 Å². The van der Waals surface area contributed by atoms with E-state index in [9.17, 15) is 9.59 Å². The number of hydrogen-bond acceptors (Lipinski definition) is 2. The Balaban J connectivity index is 2.22. The maximum Gasteiger partial charge on any atom is 0.253 e. The van der Waals surface area contributed by atoms with Crippen molar-refractivity contribution in [2.45, 2.75) is 53.4 Å². The van der Waals surface area contributed by atoms with Crippen molar-refractivity contribution >= 4 is 17.5 Å². The Bertz CT molecular complexity index is 588. The zero-order valence-corrected chi connectivity index (χ0v) is 14.7. The fraction of sp³-hybridized carbons (Fsp3) is 0.579. The molecule has 1 heterocycles. The van der Waals surface area contributed by atoms with Crippen LogP contribution in [0.25, 0.3) is 0 Å². The average molecular weight is 316 g/mol. The summed E-state index contributed by atoms with van der Waals surface area (Å²) in [4.78, 5) is 27.0. The summed E-state index contributed by atoms with van der Waals surface area (Å²) in [6.45, 7) is 9.24. The third-order valence-electron chi connectivity index (χ3n) is 4.19. The number of hydrogen-bond donors (Lipinski definition) is 1. The van der Waals surface area contributed by atoms with Gasteiger partial charge in [-0.15, -0.1) is 0 Å². The molecule has 0 aliphatic carbocycles. The van der Waals surface area contributed by atoms with Crippen LogP contribution < -0.4 is 10.2 Å². The molecule has 0 radical (unpaired) electrons. The van der Waals surface area contributed by atoms with Crippen LogP contribution in [0.2, 0.25) is 0 Å². The summed E-state index contributed by atoms with van der Waals surface area (Å²) in [5, 5.41) is 2.98. The van der Waals surface area contributed by atoms with Crippen LogP contribution in [0.1, 0.15) is 62.9 Å². The second-order valence-electron chi connectivity index (χ2n) is 7.23. The van der Waals surface area contributed by atoms with Crippen molar-refractivity contribution in [3.63, 3.8) is 0 Å². The van der Waals surface area contributed by atoms with E-state index in [4.69, 9.17) is 0 Å². The lowest BCUT2D eigenvalue weighted by Gasteiger charge is -2.27. The van der Waals surface area contributed by atoms with Crippen molar-refractivity contribution in [2.75, 3.05) is 18.0 Å². The number of nitrogens with zero attached hydrogens (tertiary/aromatic N) is 1. The van der Waals surface area contributed by atoms with Crippen LogP contribution in [0.5, 0.6) is 0 Å². The van der Waals surface area contributed by atoms with Gasteiger partial charge in [-0.3, -0.25) is 9.59 Å². The van der Waals surface area contributed by atoms with Crippen molar-refractivity contribution in [1.29, 1.82) is 0 Å². The third kappa shape index (κ3) is 3.92. The number of carbonyl (C=O) groups excluding carboxylic acids is 2. The summed E-state index contributed by atoms with van der Waals surface area (Å²) in [5.74, 6) is -0.00551. The first kappa shape index (κ1) is 17.5. The molecule has 2 rings (SSSR count). The van der Waals surface area contributed by atoms with Gasteiger partial charge in [0.2, 0.25) is 5.91 Å². The van der Waals surface area contributed by atoms with Crippen molar-refractivity contribution in [3.05, 3.63) is 29.3 Å². The summed E-state index contributed by atoms with van der Waals surface area (Å²) in [5.41, 5.74) is 2.06. The lowest BCUT2D eigenvalue weighted by atomic mass is 9.94. The molecule has 23 heavy (non-hydrogen) atoms. The zero-order valence-electron chi connectivity index (χ0n) is 14.7. The lowest BCUT2D eigenvalue weighted by molar-refractivity contribution is -0.125. The van der Waals surface area contributed by atoms with Gasteiger partial charge in [0.1, 0.15) is 0 Å². The van der Waals surface area contributed by atoms with E-state index in [1.165, 1.54) is 0 Å². The highest BCUT2D eigenvalue weighted by atomic mass is 16.2. The van der Waals surface area contributed by atoms with Gasteiger partial charge in [0.05, 0.1) is 11.3 Å². The predicted octanol–water partition coefficient (Wildman–Crippen LogP) is 3.54. The highest BCUT2D eigenvalue weighted by Gasteiger charge is 2.34. The largest absolute Gasteiger partial charge is 0.352 e. The van der Waals surface area contributed by atoms with Crippen LogP contribution in [-0.2, 0) is 11.2 Å². The molecular formula is C19H28N2O2. The first-order valence-electron chi connectivity index (χ1n) is 8.58. The smallest absolute Gasteiger partial charge is 0.253 e. The molecule has 2 amide bonds. The van der Waals surface area contributed by atoms with Crippen LogP contribution in [-0.4, -0.2) is 24.9 Å². The molecule has 0 aromatic heterocycles. The van der Waals surface area contributed by atoms with Gasteiger partial charge in [-0.1, -0.05) is 52.7 Å². The van der Waals surface area contributed by atoms with E-state index in [0.717, 1.165) is 36.9 Å². The van der Waals surface area contributed by atoms with Crippen molar-refractivity contribution < 1.29 is 9.59 Å². The molecule has 1 aliphatic rings. The number of anilines is 1. The van der Waals surface area contributed by atoms with Gasteiger partial charge in [-0.2, -0.15) is 0 Å². The summed E-state index contributed by atoms with van der Waals surface area (Å²) in [6.07, 6.45) is 4.04. The Labute approximate surface area is 139 Å². The van der Waals surface area contributed by atoms with E-state index >= 15 is 0 Å². The molecule has 126 valence electrons. The van der Waals surface area contributed by atoms with Gasteiger partial charge in [0, 0.05) is 18.5 Å². The van der Waals surface area contributed by atoms with Crippen LogP contribution >= 0.6 is 0 Å². The van der Waals surface area contributed by atoms with Crippen molar-refractivity contribution in [3.8, 4) is 0 Å². The van der Waals surface area contributed by atoms with E-state index in [0.29, 0.717) is 18.7 Å². The average Bonchev–Trinajstić information content (AvgIpc) is 2.93. The molecule has 0 saturated carbocycles. The van der Waals surface area contributed by atoms with E-state index < -0.39 is 5.41 Å². The Kier molecular flexibility index (Phi) is 5.45. The molecule has 4 heteroatoms. The highest BCUT2D eigenvalue weighted by molar-refractivity contribution is 6.07. The number of rotatable bonds is 5. The van der Waals surface area contributed by atoms with Crippen molar-refractivity contribution in [2.24, 2.45) is 5.41 Å². The van der Waals surface area contributed by atoms with E-state index in [2.05, 4.69) is 12.2 Å². The number of nitrogens with one attached hydrogen (secondary N) is 1. The zero-order chi connectivity index (χ0) is 17.0. The Hall–Kier alpha value is -1.84. The fourth-order valence-corrected chi connectivity index (χ4v) is 2.92. The van der Waals surface area contributed by atoms with Crippen LogP contribution in [0.4, 0.5) is 5.69 Å². The summed E-state index contributed by atoms with van der Waals surface area (Å²) in [6, 6.07) is 5.74. The maximum absolute atomic E-state index is 12.7. The molecule has 1 N–H and O–H groups in total. The quantitative estimate of drug-likeness (QED) is 0.845. The van der Waals surface area contributed by atoms with Gasteiger partial charge >= 0.3 is 0 Å². The molecule has 0 atom stereocenters. The first-order chi connectivity index (χ1) is 10.9. The molecule has 4 nitrogen and oxygen atoms in total. The predicted molar refractivity (Wildman–Crippen MR) is 93.8 cm³/mol. The monoisotopic (exact) mass is 316 g/mol. The number of unbranched alkanes of at least 4 members (excludes halogenated alkanes) is 2. The fourth-order valence-electron chi connectivity index (χ4n) is 2.92. The minimum Gasteiger partial charge on any atom is -0.352 e. The Morgan fingerprint density at radius 1 is 1.22 bits per heavy atom. The summed E-state index contributed by atoms with van der Waals surface area (Å²) < 4.78 is 0. The number of amides is 2. The number of fused-ring (bicyclic) bond motifs is 1. The van der Waals surface area contributed by atoms with E-state index in [-0.39, 0.29) is 11.8 Å². The van der Waals surface area contributed by atoms with Crippen LogP contribution in [0.3, 0.4) is 0 Å². The standard InChI is InChI=1S/C19H28N2O2/c1-5-6-7-12-20-17(22)15-10-8-9-14-11-13-21(16(14)15)18(23)19(2,3)4/h8-10H,5-7,11-13H2,1-4H3,(H,20,22). The molecule has 1 aromatic carbocycles. The number of para-hydroxylation sites is 1. The van der Waals surface area contributed by atoms with Gasteiger partial charge in [0.15, 0.2) is 0 Å².